The molecule has 3 aromatic rings. The van der Waals surface area contributed by atoms with E-state index in [0.717, 1.165) is 27.7 Å². The largest absolute Gasteiger partial charge is 0.494 e. The summed E-state index contributed by atoms with van der Waals surface area (Å²) in [6, 6.07) is 15.4. The van der Waals surface area contributed by atoms with Crippen molar-refractivity contribution in [3.63, 3.8) is 0 Å². The Morgan fingerprint density at radius 1 is 1.12 bits per heavy atom. The Bertz CT molecular complexity index is 877. The third kappa shape index (κ3) is 4.49. The first-order valence-electron chi connectivity index (χ1n) is 8.39. The number of para-hydroxylation sites is 2. The van der Waals surface area contributed by atoms with Gasteiger partial charge in [-0.15, -0.1) is 0 Å². The van der Waals surface area contributed by atoms with E-state index in [1.807, 2.05) is 55.5 Å². The molecule has 3 rings (SSSR count). The van der Waals surface area contributed by atoms with E-state index in [9.17, 15) is 4.79 Å². The lowest BCUT2D eigenvalue weighted by atomic mass is 10.3. The number of carbonyl (C=O) groups excluding carboxylic acids is 1. The summed E-state index contributed by atoms with van der Waals surface area (Å²) in [5.74, 6) is 1.44. The fraction of sp³-hybridized carbons (Fsp3) is 0.263. The predicted octanol–water partition coefficient (Wildman–Crippen LogP) is 3.09. The van der Waals surface area contributed by atoms with Crippen molar-refractivity contribution < 1.29 is 14.3 Å². The maximum absolute atomic E-state index is 11.1. The molecule has 1 heterocycles. The molecule has 0 radical (unpaired) electrons. The van der Waals surface area contributed by atoms with Crippen LogP contribution in [0.4, 0.5) is 0 Å². The van der Waals surface area contributed by atoms with Crippen LogP contribution in [0.15, 0.2) is 53.7 Å². The molecule has 0 fully saturated rings. The van der Waals surface area contributed by atoms with Crippen molar-refractivity contribution in [3.05, 3.63) is 48.5 Å². The molecule has 0 aliphatic rings. The lowest BCUT2D eigenvalue weighted by Crippen LogP contribution is -2.14. The number of benzene rings is 2. The van der Waals surface area contributed by atoms with Gasteiger partial charge >= 0.3 is 0 Å². The van der Waals surface area contributed by atoms with Crippen LogP contribution in [0.3, 0.4) is 0 Å². The highest BCUT2D eigenvalue weighted by atomic mass is 32.2. The molecule has 6 nitrogen and oxygen atoms in total. The SMILES string of the molecule is CCOc1ccc(OCCn2c(SCC(N)=O)nc3ccccc32)cc1. The van der Waals surface area contributed by atoms with Crippen LogP contribution in [0.5, 0.6) is 11.5 Å². The number of thioether (sulfide) groups is 1. The van der Waals surface area contributed by atoms with Crippen LogP contribution in [0.25, 0.3) is 11.0 Å². The van der Waals surface area contributed by atoms with Gasteiger partial charge in [0.25, 0.3) is 0 Å². The van der Waals surface area contributed by atoms with Crippen LogP contribution in [0.1, 0.15) is 6.92 Å². The summed E-state index contributed by atoms with van der Waals surface area (Å²) in [4.78, 5) is 15.7. The third-order valence-electron chi connectivity index (χ3n) is 3.68. The van der Waals surface area contributed by atoms with Gasteiger partial charge in [0.05, 0.1) is 29.9 Å². The Hall–Kier alpha value is -2.67. The Morgan fingerprint density at radius 3 is 2.50 bits per heavy atom. The van der Waals surface area contributed by atoms with Crippen LogP contribution in [0, 0.1) is 0 Å². The molecule has 26 heavy (non-hydrogen) atoms. The number of aromatic nitrogens is 2. The number of primary amides is 1. The summed E-state index contributed by atoms with van der Waals surface area (Å²) in [6.07, 6.45) is 0. The summed E-state index contributed by atoms with van der Waals surface area (Å²) < 4.78 is 13.3. The molecule has 1 amide bonds. The molecule has 0 saturated heterocycles. The normalized spacial score (nSPS) is 10.8. The van der Waals surface area contributed by atoms with E-state index in [0.29, 0.717) is 19.8 Å². The second kappa shape index (κ2) is 8.62. The number of rotatable bonds is 9. The molecule has 0 saturated carbocycles. The van der Waals surface area contributed by atoms with E-state index in [-0.39, 0.29) is 11.7 Å². The minimum Gasteiger partial charge on any atom is -0.494 e. The highest BCUT2D eigenvalue weighted by Gasteiger charge is 2.12. The summed E-state index contributed by atoms with van der Waals surface area (Å²) in [5.41, 5.74) is 7.16. The highest BCUT2D eigenvalue weighted by molar-refractivity contribution is 7.99. The number of amides is 1. The van der Waals surface area contributed by atoms with Crippen molar-refractivity contribution in [3.8, 4) is 11.5 Å². The number of hydrogen-bond acceptors (Lipinski definition) is 5. The Labute approximate surface area is 156 Å². The van der Waals surface area contributed by atoms with Crippen LogP contribution in [-0.4, -0.2) is 34.4 Å². The molecule has 7 heteroatoms. The van der Waals surface area contributed by atoms with Gasteiger partial charge in [-0.25, -0.2) is 4.98 Å². The number of hydrogen-bond donors (Lipinski definition) is 1. The van der Waals surface area contributed by atoms with Crippen molar-refractivity contribution in [2.24, 2.45) is 5.73 Å². The van der Waals surface area contributed by atoms with Crippen molar-refractivity contribution in [2.75, 3.05) is 19.0 Å². The van der Waals surface area contributed by atoms with E-state index in [2.05, 4.69) is 9.55 Å². The first-order chi connectivity index (χ1) is 12.7. The summed E-state index contributed by atoms with van der Waals surface area (Å²) in [7, 11) is 0. The Balaban J connectivity index is 1.69. The van der Waals surface area contributed by atoms with Crippen LogP contribution in [0.2, 0.25) is 0 Å². The molecular formula is C19H21N3O3S. The molecule has 0 unspecified atom stereocenters. The van der Waals surface area contributed by atoms with Crippen molar-refractivity contribution in [1.29, 1.82) is 0 Å². The molecule has 0 aliphatic carbocycles. The number of nitrogens with two attached hydrogens (primary N) is 1. The standard InChI is InChI=1S/C19H21N3O3S/c1-2-24-14-7-9-15(10-8-14)25-12-11-22-17-6-4-3-5-16(17)21-19(22)26-13-18(20)23/h3-10H,2,11-13H2,1H3,(H2,20,23). The van der Waals surface area contributed by atoms with Gasteiger partial charge in [-0.2, -0.15) is 0 Å². The molecule has 0 atom stereocenters. The third-order valence-corrected chi connectivity index (χ3v) is 4.68. The van der Waals surface area contributed by atoms with Gasteiger partial charge in [0.15, 0.2) is 5.16 Å². The highest BCUT2D eigenvalue weighted by Crippen LogP contribution is 2.24. The summed E-state index contributed by atoms with van der Waals surface area (Å²) in [5, 5.41) is 0.764. The zero-order valence-electron chi connectivity index (χ0n) is 14.6. The molecule has 2 aromatic carbocycles. The molecule has 0 spiro atoms. The monoisotopic (exact) mass is 371 g/mol. The van der Waals surface area contributed by atoms with E-state index in [1.165, 1.54) is 11.8 Å². The van der Waals surface area contributed by atoms with Crippen molar-refractivity contribution in [2.45, 2.75) is 18.6 Å². The number of ether oxygens (including phenoxy) is 2. The van der Waals surface area contributed by atoms with Gasteiger partial charge in [0.1, 0.15) is 18.1 Å². The van der Waals surface area contributed by atoms with Gasteiger partial charge in [0, 0.05) is 0 Å². The van der Waals surface area contributed by atoms with E-state index in [1.54, 1.807) is 0 Å². The minimum atomic E-state index is -0.362. The molecule has 0 bridgehead atoms. The predicted molar refractivity (Wildman–Crippen MR) is 103 cm³/mol. The van der Waals surface area contributed by atoms with Crippen molar-refractivity contribution >= 4 is 28.7 Å². The first kappa shape index (κ1) is 18.1. The van der Waals surface area contributed by atoms with Crippen LogP contribution in [-0.2, 0) is 11.3 Å². The van der Waals surface area contributed by atoms with Gasteiger partial charge in [-0.3, -0.25) is 4.79 Å². The second-order valence-corrected chi connectivity index (χ2v) is 6.49. The first-order valence-corrected chi connectivity index (χ1v) is 9.38. The topological polar surface area (TPSA) is 79.4 Å². The molecule has 2 N–H and O–H groups in total. The molecular weight excluding hydrogens is 350 g/mol. The average Bonchev–Trinajstić information content (AvgIpc) is 2.99. The Morgan fingerprint density at radius 2 is 1.81 bits per heavy atom. The van der Waals surface area contributed by atoms with Gasteiger partial charge in [-0.1, -0.05) is 23.9 Å². The zero-order chi connectivity index (χ0) is 18.4. The number of imidazole rings is 1. The van der Waals surface area contributed by atoms with E-state index in [4.69, 9.17) is 15.2 Å². The fourth-order valence-corrected chi connectivity index (χ4v) is 3.35. The zero-order valence-corrected chi connectivity index (χ0v) is 15.4. The fourth-order valence-electron chi connectivity index (χ4n) is 2.57. The lowest BCUT2D eigenvalue weighted by Gasteiger charge is -2.11. The van der Waals surface area contributed by atoms with Gasteiger partial charge < -0.3 is 19.8 Å². The van der Waals surface area contributed by atoms with Crippen LogP contribution < -0.4 is 15.2 Å². The van der Waals surface area contributed by atoms with Crippen molar-refractivity contribution in [1.82, 2.24) is 9.55 Å². The van der Waals surface area contributed by atoms with E-state index >= 15 is 0 Å². The molecule has 1 aromatic heterocycles. The maximum atomic E-state index is 11.1. The maximum Gasteiger partial charge on any atom is 0.227 e. The summed E-state index contributed by atoms with van der Waals surface area (Å²) >= 11 is 1.34. The number of carbonyl (C=O) groups is 1. The summed E-state index contributed by atoms with van der Waals surface area (Å²) in [6.45, 7) is 3.70. The van der Waals surface area contributed by atoms with Crippen LogP contribution >= 0.6 is 11.8 Å². The average molecular weight is 371 g/mol. The number of nitrogens with zero attached hydrogens (tertiary/aromatic N) is 2. The lowest BCUT2D eigenvalue weighted by molar-refractivity contribution is -0.115. The molecule has 136 valence electrons. The number of fused-ring (bicyclic) bond motifs is 1. The van der Waals surface area contributed by atoms with Gasteiger partial charge in [-0.05, 0) is 43.3 Å². The quantitative estimate of drug-likeness (QED) is 0.585. The molecule has 0 aliphatic heterocycles. The van der Waals surface area contributed by atoms with E-state index < -0.39 is 0 Å². The van der Waals surface area contributed by atoms with Gasteiger partial charge in [0.2, 0.25) is 5.91 Å². The minimum absolute atomic E-state index is 0.197. The Kier molecular flexibility index (Phi) is 6.01. The smallest absolute Gasteiger partial charge is 0.227 e. The second-order valence-electron chi connectivity index (χ2n) is 5.54.